The van der Waals surface area contributed by atoms with Crippen LogP contribution in [-0.4, -0.2) is 51.3 Å². The Morgan fingerprint density at radius 1 is 1.21 bits per heavy atom. The van der Waals surface area contributed by atoms with Crippen LogP contribution in [0.1, 0.15) is 36.0 Å². The van der Waals surface area contributed by atoms with Crippen molar-refractivity contribution in [3.05, 3.63) is 34.9 Å². The van der Waals surface area contributed by atoms with E-state index in [4.69, 9.17) is 4.74 Å². The third kappa shape index (κ3) is 6.16. The van der Waals surface area contributed by atoms with Gasteiger partial charge in [-0.05, 0) is 51.0 Å². The summed E-state index contributed by atoms with van der Waals surface area (Å²) in [6.45, 7) is 8.14. The zero-order chi connectivity index (χ0) is 17.4. The number of benzene rings is 1. The standard InChI is InChI=1S/C20H33N3O/c1-16-13-17(2)15-19(14-16)5-9-22-20(21-3)23(4)10-6-18-7-11-24-12-8-18/h13-15,18H,5-12H2,1-4H3,(H,21,22). The largest absolute Gasteiger partial charge is 0.381 e. The van der Waals surface area contributed by atoms with E-state index >= 15 is 0 Å². The lowest BCUT2D eigenvalue weighted by atomic mass is 9.96. The van der Waals surface area contributed by atoms with Crippen molar-refractivity contribution < 1.29 is 4.74 Å². The molecular weight excluding hydrogens is 298 g/mol. The van der Waals surface area contributed by atoms with Gasteiger partial charge in [-0.1, -0.05) is 29.3 Å². The summed E-state index contributed by atoms with van der Waals surface area (Å²) in [5, 5.41) is 3.50. The van der Waals surface area contributed by atoms with Crippen molar-refractivity contribution in [1.29, 1.82) is 0 Å². The second kappa shape index (κ2) is 9.67. The maximum Gasteiger partial charge on any atom is 0.193 e. The summed E-state index contributed by atoms with van der Waals surface area (Å²) in [7, 11) is 4.00. The predicted molar refractivity (Wildman–Crippen MR) is 102 cm³/mol. The van der Waals surface area contributed by atoms with Gasteiger partial charge in [-0.2, -0.15) is 0 Å². The van der Waals surface area contributed by atoms with E-state index in [0.29, 0.717) is 0 Å². The molecule has 0 amide bonds. The molecule has 1 N–H and O–H groups in total. The van der Waals surface area contributed by atoms with Crippen molar-refractivity contribution in [1.82, 2.24) is 10.2 Å². The molecule has 1 fully saturated rings. The Balaban J connectivity index is 1.74. The molecule has 0 saturated carbocycles. The van der Waals surface area contributed by atoms with Crippen LogP contribution in [0.25, 0.3) is 0 Å². The fourth-order valence-corrected chi connectivity index (χ4v) is 3.43. The lowest BCUT2D eigenvalue weighted by Crippen LogP contribution is -2.40. The van der Waals surface area contributed by atoms with Crippen LogP contribution in [0.15, 0.2) is 23.2 Å². The minimum Gasteiger partial charge on any atom is -0.381 e. The van der Waals surface area contributed by atoms with Crippen LogP contribution in [0.5, 0.6) is 0 Å². The quantitative estimate of drug-likeness (QED) is 0.642. The molecule has 1 heterocycles. The predicted octanol–water partition coefficient (Wildman–Crippen LogP) is 3.17. The fraction of sp³-hybridized carbons (Fsp3) is 0.650. The zero-order valence-electron chi connectivity index (χ0n) is 15.8. The summed E-state index contributed by atoms with van der Waals surface area (Å²) in [6.07, 6.45) is 4.64. The summed E-state index contributed by atoms with van der Waals surface area (Å²) in [4.78, 5) is 6.67. The lowest BCUT2D eigenvalue weighted by Gasteiger charge is -2.26. The molecule has 1 aromatic carbocycles. The number of hydrogen-bond donors (Lipinski definition) is 1. The molecule has 0 unspecified atom stereocenters. The molecule has 1 aliphatic rings. The van der Waals surface area contributed by atoms with Crippen molar-refractivity contribution >= 4 is 5.96 Å². The van der Waals surface area contributed by atoms with Crippen molar-refractivity contribution in [2.45, 2.75) is 39.5 Å². The highest BCUT2D eigenvalue weighted by Crippen LogP contribution is 2.18. The van der Waals surface area contributed by atoms with E-state index in [1.807, 2.05) is 7.05 Å². The monoisotopic (exact) mass is 331 g/mol. The normalized spacial score (nSPS) is 16.2. The summed E-state index contributed by atoms with van der Waals surface area (Å²) in [6, 6.07) is 6.76. The third-order valence-electron chi connectivity index (χ3n) is 4.77. The summed E-state index contributed by atoms with van der Waals surface area (Å²) >= 11 is 0. The van der Waals surface area contributed by atoms with E-state index in [9.17, 15) is 0 Å². The second-order valence-corrected chi connectivity index (χ2v) is 6.99. The van der Waals surface area contributed by atoms with E-state index in [2.05, 4.69) is 54.3 Å². The van der Waals surface area contributed by atoms with E-state index in [1.165, 1.54) is 36.0 Å². The number of nitrogens with one attached hydrogen (secondary N) is 1. The number of aliphatic imine (C=N–C) groups is 1. The van der Waals surface area contributed by atoms with Crippen molar-refractivity contribution in [3.63, 3.8) is 0 Å². The molecule has 1 aromatic rings. The van der Waals surface area contributed by atoms with Crippen LogP contribution in [0, 0.1) is 19.8 Å². The van der Waals surface area contributed by atoms with Gasteiger partial charge >= 0.3 is 0 Å². The number of aryl methyl sites for hydroxylation is 2. The molecule has 4 heteroatoms. The minimum atomic E-state index is 0.801. The average Bonchev–Trinajstić information content (AvgIpc) is 2.57. The molecule has 0 aliphatic carbocycles. The molecule has 0 bridgehead atoms. The van der Waals surface area contributed by atoms with Crippen LogP contribution in [-0.2, 0) is 11.2 Å². The summed E-state index contributed by atoms with van der Waals surface area (Å²) in [5.41, 5.74) is 4.06. The highest BCUT2D eigenvalue weighted by Gasteiger charge is 2.15. The molecule has 134 valence electrons. The van der Waals surface area contributed by atoms with E-state index < -0.39 is 0 Å². The van der Waals surface area contributed by atoms with Crippen molar-refractivity contribution in [2.24, 2.45) is 10.9 Å². The molecule has 0 aromatic heterocycles. The van der Waals surface area contributed by atoms with Gasteiger partial charge in [-0.25, -0.2) is 0 Å². The molecule has 1 saturated heterocycles. The summed E-state index contributed by atoms with van der Waals surface area (Å²) < 4.78 is 5.44. The van der Waals surface area contributed by atoms with Gasteiger partial charge in [0.15, 0.2) is 5.96 Å². The highest BCUT2D eigenvalue weighted by atomic mass is 16.5. The Morgan fingerprint density at radius 2 is 1.88 bits per heavy atom. The van der Waals surface area contributed by atoms with Crippen molar-refractivity contribution in [3.8, 4) is 0 Å². The van der Waals surface area contributed by atoms with Crippen LogP contribution in [0.2, 0.25) is 0 Å². The van der Waals surface area contributed by atoms with Gasteiger partial charge in [-0.3, -0.25) is 4.99 Å². The minimum absolute atomic E-state index is 0.801. The Bertz CT molecular complexity index is 515. The molecule has 1 aliphatic heterocycles. The Labute approximate surface area is 147 Å². The first-order chi connectivity index (χ1) is 11.6. The molecule has 2 rings (SSSR count). The maximum absolute atomic E-state index is 5.44. The number of nitrogens with zero attached hydrogens (tertiary/aromatic N) is 2. The van der Waals surface area contributed by atoms with Gasteiger partial charge in [0, 0.05) is 40.4 Å². The first-order valence-electron chi connectivity index (χ1n) is 9.15. The SMILES string of the molecule is CN=C(NCCc1cc(C)cc(C)c1)N(C)CCC1CCOCC1. The van der Waals surface area contributed by atoms with Crippen LogP contribution in [0.4, 0.5) is 0 Å². The Morgan fingerprint density at radius 3 is 2.50 bits per heavy atom. The molecule has 0 spiro atoms. The first kappa shape index (κ1) is 18.8. The molecule has 4 nitrogen and oxygen atoms in total. The van der Waals surface area contributed by atoms with E-state index in [0.717, 1.165) is 44.6 Å². The number of hydrogen-bond acceptors (Lipinski definition) is 2. The van der Waals surface area contributed by atoms with Gasteiger partial charge in [0.05, 0.1) is 0 Å². The van der Waals surface area contributed by atoms with Gasteiger partial charge < -0.3 is 15.0 Å². The van der Waals surface area contributed by atoms with Gasteiger partial charge in [0.2, 0.25) is 0 Å². The number of ether oxygens (including phenoxy) is 1. The van der Waals surface area contributed by atoms with Gasteiger partial charge in [-0.15, -0.1) is 0 Å². The molecule has 0 atom stereocenters. The smallest absolute Gasteiger partial charge is 0.193 e. The first-order valence-corrected chi connectivity index (χ1v) is 9.15. The molecule has 24 heavy (non-hydrogen) atoms. The molecular formula is C20H33N3O. The van der Waals surface area contributed by atoms with E-state index in [1.54, 1.807) is 0 Å². The highest BCUT2D eigenvalue weighted by molar-refractivity contribution is 5.79. The number of guanidine groups is 1. The van der Waals surface area contributed by atoms with Crippen LogP contribution in [0.3, 0.4) is 0 Å². The van der Waals surface area contributed by atoms with E-state index in [-0.39, 0.29) is 0 Å². The second-order valence-electron chi connectivity index (χ2n) is 6.99. The molecule has 0 radical (unpaired) electrons. The van der Waals surface area contributed by atoms with Crippen LogP contribution >= 0.6 is 0 Å². The third-order valence-corrected chi connectivity index (χ3v) is 4.77. The Hall–Kier alpha value is -1.55. The van der Waals surface area contributed by atoms with Gasteiger partial charge in [0.1, 0.15) is 0 Å². The van der Waals surface area contributed by atoms with Gasteiger partial charge in [0.25, 0.3) is 0 Å². The topological polar surface area (TPSA) is 36.9 Å². The lowest BCUT2D eigenvalue weighted by molar-refractivity contribution is 0.0625. The Kier molecular flexibility index (Phi) is 7.57. The zero-order valence-corrected chi connectivity index (χ0v) is 15.8. The maximum atomic E-state index is 5.44. The fourth-order valence-electron chi connectivity index (χ4n) is 3.43. The van der Waals surface area contributed by atoms with Crippen molar-refractivity contribution in [2.75, 3.05) is 40.4 Å². The average molecular weight is 332 g/mol. The summed E-state index contributed by atoms with van der Waals surface area (Å²) in [5.74, 6) is 1.79. The number of rotatable bonds is 6. The van der Waals surface area contributed by atoms with Crippen LogP contribution < -0.4 is 5.32 Å².